The van der Waals surface area contributed by atoms with Crippen molar-refractivity contribution >= 4 is 41.3 Å². The fraction of sp³-hybridized carbons (Fsp3) is 0.105. The largest absolute Gasteiger partial charge is 0.323 e. The van der Waals surface area contributed by atoms with Crippen molar-refractivity contribution in [2.75, 3.05) is 10.6 Å². The molecule has 2 unspecified atom stereocenters. The second kappa shape index (κ2) is 7.78. The molecule has 2 amide bonds. The van der Waals surface area contributed by atoms with E-state index in [1.54, 1.807) is 0 Å². The zero-order valence-corrected chi connectivity index (χ0v) is 15.1. The molecule has 2 aromatic carbocycles. The van der Waals surface area contributed by atoms with Crippen molar-refractivity contribution in [1.82, 2.24) is 5.43 Å². The summed E-state index contributed by atoms with van der Waals surface area (Å²) in [6.07, 6.45) is 2.21. The van der Waals surface area contributed by atoms with Crippen molar-refractivity contribution < 1.29 is 22.8 Å². The van der Waals surface area contributed by atoms with Crippen LogP contribution in [0.2, 0.25) is 0 Å². The molecular weight excluding hydrogens is 401 g/mol. The van der Waals surface area contributed by atoms with Crippen LogP contribution in [0.1, 0.15) is 10.4 Å². The van der Waals surface area contributed by atoms with Crippen molar-refractivity contribution in [1.29, 1.82) is 0 Å². The molecule has 3 N–H and O–H groups in total. The van der Waals surface area contributed by atoms with Crippen molar-refractivity contribution in [3.05, 3.63) is 59.4 Å². The first-order valence-corrected chi connectivity index (χ1v) is 8.68. The van der Waals surface area contributed by atoms with Gasteiger partial charge in [-0.1, -0.05) is 6.07 Å². The van der Waals surface area contributed by atoms with E-state index >= 15 is 0 Å². The zero-order chi connectivity index (χ0) is 21.3. The molecule has 4 rings (SSSR count). The minimum Gasteiger partial charge on any atom is -0.308 e. The summed E-state index contributed by atoms with van der Waals surface area (Å²) in [6.45, 7) is 0. The van der Waals surface area contributed by atoms with Gasteiger partial charge in [-0.3, -0.25) is 20.2 Å². The molecule has 2 atom stereocenters. The molecule has 2 aliphatic rings. The molecule has 30 heavy (non-hydrogen) atoms. The van der Waals surface area contributed by atoms with E-state index in [1.807, 2.05) is 0 Å². The lowest BCUT2D eigenvalue weighted by Gasteiger charge is -2.15. The van der Waals surface area contributed by atoms with E-state index in [1.165, 1.54) is 30.6 Å². The first-order chi connectivity index (χ1) is 14.4. The molecule has 11 heteroatoms. The van der Waals surface area contributed by atoms with Crippen LogP contribution in [-0.4, -0.2) is 42.2 Å². The predicted molar refractivity (Wildman–Crippen MR) is 105 cm³/mol. The topological polar surface area (TPSA) is 107 Å². The number of Topliss-reactive ketones (excluding diaryl/α,β-unsaturated/α-hetero) is 1. The van der Waals surface area contributed by atoms with E-state index in [4.69, 9.17) is 0 Å². The molecular formula is C19H13F3N6O2. The number of aliphatic imine (C=N–C) groups is 2. The van der Waals surface area contributed by atoms with E-state index < -0.39 is 47.0 Å². The zero-order valence-electron chi connectivity index (χ0n) is 15.1. The first kappa shape index (κ1) is 19.3. The van der Waals surface area contributed by atoms with Crippen LogP contribution in [0.4, 0.5) is 29.3 Å². The minimum absolute atomic E-state index is 0.132. The SMILES string of the molecule is O=C(Nc1cccc(F)c1)Nc1cc(F)c(F)c(C(=O)C2=NNC3N=CC=NC23)c1. The van der Waals surface area contributed by atoms with Gasteiger partial charge in [0, 0.05) is 29.9 Å². The molecule has 2 aromatic rings. The molecule has 0 fully saturated rings. The van der Waals surface area contributed by atoms with E-state index in [2.05, 4.69) is 31.1 Å². The highest BCUT2D eigenvalue weighted by molar-refractivity contribution is 6.48. The number of carbonyl (C=O) groups is 2. The third kappa shape index (κ3) is 3.77. The number of fused-ring (bicyclic) bond motifs is 1. The predicted octanol–water partition coefficient (Wildman–Crippen LogP) is 2.74. The minimum atomic E-state index is -1.38. The number of benzene rings is 2. The summed E-state index contributed by atoms with van der Waals surface area (Å²) in [5, 5.41) is 8.47. The molecule has 8 nitrogen and oxygen atoms in total. The van der Waals surface area contributed by atoms with Crippen LogP contribution in [0.15, 0.2) is 51.5 Å². The molecule has 0 aromatic heterocycles. The van der Waals surface area contributed by atoms with E-state index in [9.17, 15) is 22.8 Å². The maximum atomic E-state index is 14.3. The normalized spacial score (nSPS) is 19.0. The number of hydrogen-bond acceptors (Lipinski definition) is 6. The number of halogens is 3. The van der Waals surface area contributed by atoms with Gasteiger partial charge in [-0.05, 0) is 24.3 Å². The van der Waals surface area contributed by atoms with Crippen LogP contribution in [0.5, 0.6) is 0 Å². The van der Waals surface area contributed by atoms with Gasteiger partial charge in [-0.15, -0.1) is 0 Å². The molecule has 2 heterocycles. The highest BCUT2D eigenvalue weighted by Crippen LogP contribution is 2.23. The summed E-state index contributed by atoms with van der Waals surface area (Å²) >= 11 is 0. The number of rotatable bonds is 4. The van der Waals surface area contributed by atoms with Crippen molar-refractivity contribution in [3.8, 4) is 0 Å². The molecule has 0 radical (unpaired) electrons. The molecule has 0 spiro atoms. The smallest absolute Gasteiger partial charge is 0.308 e. The monoisotopic (exact) mass is 414 g/mol. The summed E-state index contributed by atoms with van der Waals surface area (Å²) in [5.74, 6) is -4.18. The van der Waals surface area contributed by atoms with Gasteiger partial charge in [-0.2, -0.15) is 5.10 Å². The number of ketones is 1. The summed E-state index contributed by atoms with van der Waals surface area (Å²) < 4.78 is 41.6. The fourth-order valence-electron chi connectivity index (χ4n) is 2.96. The number of nitrogens with zero attached hydrogens (tertiary/aromatic N) is 3. The van der Waals surface area contributed by atoms with Crippen LogP contribution in [0.3, 0.4) is 0 Å². The molecule has 0 saturated heterocycles. The van der Waals surface area contributed by atoms with Gasteiger partial charge < -0.3 is 10.6 Å². The first-order valence-electron chi connectivity index (χ1n) is 8.68. The molecule has 0 bridgehead atoms. The lowest BCUT2D eigenvalue weighted by molar-refractivity contribution is 0.105. The highest BCUT2D eigenvalue weighted by Gasteiger charge is 2.37. The molecule has 152 valence electrons. The number of amides is 2. The van der Waals surface area contributed by atoms with Gasteiger partial charge in [-0.25, -0.2) is 18.0 Å². The van der Waals surface area contributed by atoms with Crippen molar-refractivity contribution in [2.45, 2.75) is 12.2 Å². The van der Waals surface area contributed by atoms with Crippen LogP contribution < -0.4 is 16.1 Å². The van der Waals surface area contributed by atoms with Crippen LogP contribution in [0, 0.1) is 17.5 Å². The van der Waals surface area contributed by atoms with Gasteiger partial charge in [0.15, 0.2) is 17.8 Å². The Labute approximate surface area is 167 Å². The third-order valence-electron chi connectivity index (χ3n) is 4.30. The van der Waals surface area contributed by atoms with Crippen LogP contribution >= 0.6 is 0 Å². The van der Waals surface area contributed by atoms with Gasteiger partial charge in [0.05, 0.1) is 5.56 Å². The fourth-order valence-corrected chi connectivity index (χ4v) is 2.96. The standard InChI is InChI=1S/C19H13F3N6O2/c20-9-2-1-3-10(6-9)25-19(30)26-11-7-12(14(22)13(21)8-11)17(29)15-16-18(28-27-15)24-5-4-23-16/h1-8,16,18,28H,(H2,25,26,30). The third-order valence-corrected chi connectivity index (χ3v) is 4.30. The lowest BCUT2D eigenvalue weighted by atomic mass is 9.99. The van der Waals surface area contributed by atoms with Gasteiger partial charge in [0.2, 0.25) is 5.78 Å². The maximum absolute atomic E-state index is 14.3. The Kier molecular flexibility index (Phi) is 5.00. The number of urea groups is 1. The number of hydrazone groups is 1. The maximum Gasteiger partial charge on any atom is 0.323 e. The summed E-state index contributed by atoms with van der Waals surface area (Å²) in [6, 6.07) is 5.21. The Morgan fingerprint density at radius 2 is 1.73 bits per heavy atom. The molecule has 0 saturated carbocycles. The number of carbonyl (C=O) groups excluding carboxylic acids is 2. The molecule has 2 aliphatic heterocycles. The Hall–Kier alpha value is -4.02. The highest BCUT2D eigenvalue weighted by atomic mass is 19.2. The summed E-state index contributed by atoms with van der Waals surface area (Å²) in [4.78, 5) is 33.0. The van der Waals surface area contributed by atoms with E-state index in [0.717, 1.165) is 18.2 Å². The Morgan fingerprint density at radius 3 is 2.53 bits per heavy atom. The van der Waals surface area contributed by atoms with Crippen LogP contribution in [-0.2, 0) is 0 Å². The number of nitrogens with one attached hydrogen (secondary N) is 3. The van der Waals surface area contributed by atoms with Gasteiger partial charge in [0.1, 0.15) is 17.6 Å². The van der Waals surface area contributed by atoms with Gasteiger partial charge in [0.25, 0.3) is 0 Å². The Morgan fingerprint density at radius 1 is 0.967 bits per heavy atom. The second-order valence-corrected chi connectivity index (χ2v) is 6.35. The number of hydrogen-bond donors (Lipinski definition) is 3. The van der Waals surface area contributed by atoms with E-state index in [-0.39, 0.29) is 17.1 Å². The average molecular weight is 414 g/mol. The Balaban J connectivity index is 1.55. The molecule has 0 aliphatic carbocycles. The number of anilines is 2. The summed E-state index contributed by atoms with van der Waals surface area (Å²) in [5.41, 5.74) is 1.82. The van der Waals surface area contributed by atoms with Gasteiger partial charge >= 0.3 is 6.03 Å². The van der Waals surface area contributed by atoms with Crippen LogP contribution in [0.25, 0.3) is 0 Å². The van der Waals surface area contributed by atoms with Crippen molar-refractivity contribution in [2.24, 2.45) is 15.1 Å². The second-order valence-electron chi connectivity index (χ2n) is 6.35. The summed E-state index contributed by atoms with van der Waals surface area (Å²) in [7, 11) is 0. The lowest BCUT2D eigenvalue weighted by Crippen LogP contribution is -2.36. The Bertz CT molecular complexity index is 1130. The quantitative estimate of drug-likeness (QED) is 0.670. The average Bonchev–Trinajstić information content (AvgIpc) is 3.14. The van der Waals surface area contributed by atoms with Crippen molar-refractivity contribution in [3.63, 3.8) is 0 Å². The van der Waals surface area contributed by atoms with E-state index in [0.29, 0.717) is 0 Å².